The van der Waals surface area contributed by atoms with Crippen LogP contribution in [-0.2, 0) is 19.5 Å². The summed E-state index contributed by atoms with van der Waals surface area (Å²) in [5.41, 5.74) is 2.56. The lowest BCUT2D eigenvalue weighted by molar-refractivity contribution is 0.270. The van der Waals surface area contributed by atoms with Crippen LogP contribution in [0.1, 0.15) is 11.5 Å². The molecule has 0 aliphatic carbocycles. The molecule has 0 spiro atoms. The first-order chi connectivity index (χ1) is 11.8. The minimum Gasteiger partial charge on any atom is -0.394 e. The minimum absolute atomic E-state index is 0. The number of nitrogens with one attached hydrogen (secondary N) is 2. The number of fused-ring (bicyclic) bond motifs is 1. The summed E-state index contributed by atoms with van der Waals surface area (Å²) in [6.07, 6.45) is 4.62. The largest absolute Gasteiger partial charge is 0.394 e. The number of aliphatic hydroxyl groups is 1. The van der Waals surface area contributed by atoms with Crippen LogP contribution in [0.15, 0.2) is 12.4 Å². The second-order valence-corrected chi connectivity index (χ2v) is 5.85. The van der Waals surface area contributed by atoms with Crippen molar-refractivity contribution in [3.8, 4) is 22.9 Å². The van der Waals surface area contributed by atoms with E-state index < -0.39 is 0 Å². The molecule has 0 bridgehead atoms. The zero-order valence-corrected chi connectivity index (χ0v) is 16.0. The van der Waals surface area contributed by atoms with E-state index in [0.717, 1.165) is 48.8 Å². The Kier molecular flexibility index (Phi) is 6.76. The normalized spacial score (nSPS) is 13.5. The van der Waals surface area contributed by atoms with Crippen molar-refractivity contribution < 1.29 is 5.11 Å². The van der Waals surface area contributed by atoms with E-state index >= 15 is 0 Å². The van der Waals surface area contributed by atoms with Crippen molar-refractivity contribution in [2.24, 2.45) is 0 Å². The van der Waals surface area contributed by atoms with Gasteiger partial charge in [0.1, 0.15) is 11.5 Å². The summed E-state index contributed by atoms with van der Waals surface area (Å²) >= 11 is 0. The lowest BCUT2D eigenvalue weighted by Crippen LogP contribution is -2.17. The van der Waals surface area contributed by atoms with Gasteiger partial charge >= 0.3 is 0 Å². The Morgan fingerprint density at radius 1 is 1.23 bits per heavy atom. The molecule has 3 aromatic heterocycles. The van der Waals surface area contributed by atoms with E-state index in [0.29, 0.717) is 18.2 Å². The van der Waals surface area contributed by atoms with Gasteiger partial charge in [-0.15, -0.1) is 24.8 Å². The van der Waals surface area contributed by atoms with Gasteiger partial charge in [-0.2, -0.15) is 10.2 Å². The maximum absolute atomic E-state index is 9.34. The first kappa shape index (κ1) is 20.4. The number of rotatable bonds is 4. The maximum Gasteiger partial charge on any atom is 0.185 e. The molecule has 0 saturated heterocycles. The van der Waals surface area contributed by atoms with Gasteiger partial charge in [-0.25, -0.2) is 14.6 Å². The van der Waals surface area contributed by atoms with Crippen molar-refractivity contribution in [3.05, 3.63) is 23.9 Å². The summed E-state index contributed by atoms with van der Waals surface area (Å²) in [4.78, 5) is 9.39. The Bertz CT molecular complexity index is 832. The number of nitrogens with zero attached hydrogens (tertiary/aromatic N) is 6. The summed E-state index contributed by atoms with van der Waals surface area (Å²) in [6, 6.07) is 0. The molecule has 0 unspecified atom stereocenters. The number of aryl methyl sites for hydroxylation is 1. The molecule has 26 heavy (non-hydrogen) atoms. The first-order valence-corrected chi connectivity index (χ1v) is 8.09. The van der Waals surface area contributed by atoms with Crippen LogP contribution in [0.2, 0.25) is 0 Å². The lowest BCUT2D eigenvalue weighted by Gasteiger charge is -2.01. The molecule has 0 amide bonds. The quantitative estimate of drug-likeness (QED) is 0.597. The third-order valence-corrected chi connectivity index (χ3v) is 4.20. The Morgan fingerprint density at radius 2 is 2.08 bits per heavy atom. The average Bonchev–Trinajstić information content (AvgIpc) is 3.24. The Hall–Kier alpha value is -1.94. The highest BCUT2D eigenvalue weighted by atomic mass is 35.5. The molecule has 0 saturated carbocycles. The molecule has 0 fully saturated rings. The summed E-state index contributed by atoms with van der Waals surface area (Å²) in [6.45, 7) is 5.07. The van der Waals surface area contributed by atoms with Crippen molar-refractivity contribution in [1.82, 2.24) is 39.8 Å². The van der Waals surface area contributed by atoms with Crippen LogP contribution < -0.4 is 5.32 Å². The van der Waals surface area contributed by atoms with Crippen molar-refractivity contribution >= 4 is 24.8 Å². The SMILES string of the molecule is Cc1[nH]ncc1-c1nc(-c2cn3c(n2)CCNCC3)n(CCO)n1.Cl.Cl. The van der Waals surface area contributed by atoms with Crippen LogP contribution in [0.25, 0.3) is 22.9 Å². The number of aromatic nitrogens is 7. The molecule has 4 rings (SSSR count). The molecule has 1 aliphatic rings. The predicted molar refractivity (Wildman–Crippen MR) is 102 cm³/mol. The van der Waals surface area contributed by atoms with E-state index in [4.69, 9.17) is 4.98 Å². The molecule has 0 radical (unpaired) electrons. The van der Waals surface area contributed by atoms with Crippen LogP contribution in [0.4, 0.5) is 0 Å². The average molecular weight is 401 g/mol. The monoisotopic (exact) mass is 400 g/mol. The van der Waals surface area contributed by atoms with Gasteiger partial charge in [-0.3, -0.25) is 5.10 Å². The number of imidazole rings is 1. The van der Waals surface area contributed by atoms with Crippen LogP contribution in [0.5, 0.6) is 0 Å². The number of halogens is 2. The number of H-pyrrole nitrogens is 1. The van der Waals surface area contributed by atoms with Gasteiger partial charge in [-0.1, -0.05) is 0 Å². The van der Waals surface area contributed by atoms with Gasteiger partial charge in [0, 0.05) is 37.9 Å². The second-order valence-electron chi connectivity index (χ2n) is 5.85. The highest BCUT2D eigenvalue weighted by molar-refractivity contribution is 5.85. The molecule has 0 aromatic carbocycles. The topological polar surface area (TPSA) is 109 Å². The molecule has 3 aromatic rings. The van der Waals surface area contributed by atoms with Crippen LogP contribution in [-0.4, -0.2) is 59.3 Å². The zero-order valence-electron chi connectivity index (χ0n) is 14.3. The molecule has 3 N–H and O–H groups in total. The Labute approximate surface area is 163 Å². The Morgan fingerprint density at radius 3 is 2.81 bits per heavy atom. The molecule has 142 valence electrons. The first-order valence-electron chi connectivity index (χ1n) is 8.09. The maximum atomic E-state index is 9.34. The van der Waals surface area contributed by atoms with Crippen molar-refractivity contribution in [2.75, 3.05) is 19.7 Å². The van der Waals surface area contributed by atoms with Crippen LogP contribution in [0.3, 0.4) is 0 Å². The Balaban J connectivity index is 0.00000121. The van der Waals surface area contributed by atoms with E-state index in [9.17, 15) is 5.11 Å². The molecule has 9 nitrogen and oxygen atoms in total. The highest BCUT2D eigenvalue weighted by Crippen LogP contribution is 2.23. The molecule has 4 heterocycles. The van der Waals surface area contributed by atoms with Gasteiger partial charge in [0.15, 0.2) is 11.6 Å². The van der Waals surface area contributed by atoms with Gasteiger partial charge in [0.2, 0.25) is 0 Å². The number of aromatic amines is 1. The fourth-order valence-electron chi connectivity index (χ4n) is 2.95. The molecule has 11 heteroatoms. The highest BCUT2D eigenvalue weighted by Gasteiger charge is 2.19. The number of aliphatic hydroxyl groups excluding tert-OH is 1. The van der Waals surface area contributed by atoms with Crippen molar-refractivity contribution in [1.29, 1.82) is 0 Å². The molecular formula is C15H22Cl2N8O. The number of hydrogen-bond acceptors (Lipinski definition) is 6. The smallest absolute Gasteiger partial charge is 0.185 e. The third-order valence-electron chi connectivity index (χ3n) is 4.20. The van der Waals surface area contributed by atoms with E-state index in [1.54, 1.807) is 10.9 Å². The lowest BCUT2D eigenvalue weighted by atomic mass is 10.2. The van der Waals surface area contributed by atoms with E-state index in [1.807, 2.05) is 13.1 Å². The predicted octanol–water partition coefficient (Wildman–Crippen LogP) is 0.822. The third kappa shape index (κ3) is 3.75. The summed E-state index contributed by atoms with van der Waals surface area (Å²) in [5.74, 6) is 2.32. The standard InChI is InChI=1S/C15H20N8O.2ClH/c1-10-11(8-17-20-10)14-19-15(23(21-14)6-7-24)12-9-22-5-4-16-3-2-13(22)18-12;;/h8-9,16,24H,2-7H2,1H3,(H,17,20);2*1H. The zero-order chi connectivity index (χ0) is 16.5. The van der Waals surface area contributed by atoms with Gasteiger partial charge in [-0.05, 0) is 6.92 Å². The molecule has 0 atom stereocenters. The summed E-state index contributed by atoms with van der Waals surface area (Å²) in [5, 5.41) is 24.2. The van der Waals surface area contributed by atoms with Crippen LogP contribution in [0, 0.1) is 6.92 Å². The molecule has 1 aliphatic heterocycles. The summed E-state index contributed by atoms with van der Waals surface area (Å²) in [7, 11) is 0. The minimum atomic E-state index is -0.00233. The van der Waals surface area contributed by atoms with Gasteiger partial charge in [0.25, 0.3) is 0 Å². The van der Waals surface area contributed by atoms with E-state index in [1.165, 1.54) is 0 Å². The van der Waals surface area contributed by atoms with E-state index in [2.05, 4.69) is 30.2 Å². The van der Waals surface area contributed by atoms with Gasteiger partial charge in [0.05, 0.1) is 24.9 Å². The fourth-order valence-corrected chi connectivity index (χ4v) is 2.95. The number of hydrogen-bond donors (Lipinski definition) is 3. The fraction of sp³-hybridized carbons (Fsp3) is 0.467. The van der Waals surface area contributed by atoms with Crippen LogP contribution >= 0.6 is 24.8 Å². The van der Waals surface area contributed by atoms with Gasteiger partial charge < -0.3 is 15.0 Å². The molecular weight excluding hydrogens is 379 g/mol. The van der Waals surface area contributed by atoms with Crippen molar-refractivity contribution in [2.45, 2.75) is 26.4 Å². The van der Waals surface area contributed by atoms with E-state index in [-0.39, 0.29) is 31.4 Å². The van der Waals surface area contributed by atoms with Crippen molar-refractivity contribution in [3.63, 3.8) is 0 Å². The summed E-state index contributed by atoms with van der Waals surface area (Å²) < 4.78 is 3.87. The second kappa shape index (κ2) is 8.63.